The second-order valence-electron chi connectivity index (χ2n) is 8.08. The van der Waals surface area contributed by atoms with Crippen LogP contribution in [0, 0.1) is 11.3 Å². The van der Waals surface area contributed by atoms with Gasteiger partial charge in [0.2, 0.25) is 0 Å². The highest BCUT2D eigenvalue weighted by molar-refractivity contribution is 4.89. The van der Waals surface area contributed by atoms with Gasteiger partial charge in [0.1, 0.15) is 0 Å². The first kappa shape index (κ1) is 17.3. The summed E-state index contributed by atoms with van der Waals surface area (Å²) in [4.78, 5) is 2.73. The van der Waals surface area contributed by atoms with Crippen LogP contribution >= 0.6 is 0 Å². The molecule has 2 rings (SSSR count). The molecule has 124 valence electrons. The van der Waals surface area contributed by atoms with Crippen molar-refractivity contribution in [1.82, 2.24) is 10.2 Å². The molecule has 2 saturated carbocycles. The van der Waals surface area contributed by atoms with Gasteiger partial charge in [-0.2, -0.15) is 0 Å². The van der Waals surface area contributed by atoms with Gasteiger partial charge in [0, 0.05) is 19.1 Å². The smallest absolute Gasteiger partial charge is 0.00949 e. The lowest BCUT2D eigenvalue weighted by Crippen LogP contribution is -2.48. The van der Waals surface area contributed by atoms with Crippen LogP contribution in [0.5, 0.6) is 0 Å². The average molecular weight is 295 g/mol. The highest BCUT2D eigenvalue weighted by Gasteiger charge is 2.35. The summed E-state index contributed by atoms with van der Waals surface area (Å²) < 4.78 is 0. The number of rotatable bonds is 7. The summed E-state index contributed by atoms with van der Waals surface area (Å²) in [6.45, 7) is 8.47. The molecule has 2 unspecified atom stereocenters. The molecule has 0 amide bonds. The van der Waals surface area contributed by atoms with Crippen molar-refractivity contribution in [2.24, 2.45) is 11.3 Å². The fraction of sp³-hybridized carbons (Fsp3) is 1.00. The lowest BCUT2D eigenvalue weighted by molar-refractivity contribution is 0.0718. The fourth-order valence-electron chi connectivity index (χ4n) is 4.68. The third-order valence-electron chi connectivity index (χ3n) is 5.96. The van der Waals surface area contributed by atoms with E-state index in [1.807, 2.05) is 0 Å². The molecule has 0 spiro atoms. The summed E-state index contributed by atoms with van der Waals surface area (Å²) in [5.74, 6) is 0.937. The Morgan fingerprint density at radius 2 is 1.86 bits per heavy atom. The minimum Gasteiger partial charge on any atom is -0.316 e. The molecular weight excluding hydrogens is 256 g/mol. The van der Waals surface area contributed by atoms with Gasteiger partial charge in [-0.3, -0.25) is 0 Å². The van der Waals surface area contributed by atoms with Crippen LogP contribution < -0.4 is 5.32 Å². The van der Waals surface area contributed by atoms with Crippen LogP contribution in [0.25, 0.3) is 0 Å². The van der Waals surface area contributed by atoms with Crippen molar-refractivity contribution in [3.63, 3.8) is 0 Å². The molecule has 1 N–H and O–H groups in total. The molecular formula is C19H38N2. The zero-order chi connectivity index (χ0) is 15.1. The summed E-state index contributed by atoms with van der Waals surface area (Å²) in [6.07, 6.45) is 14.2. The van der Waals surface area contributed by atoms with Gasteiger partial charge in [-0.1, -0.05) is 46.0 Å². The largest absolute Gasteiger partial charge is 0.316 e. The average Bonchev–Trinajstić information content (AvgIpc) is 2.48. The lowest BCUT2D eigenvalue weighted by Gasteiger charge is -2.44. The van der Waals surface area contributed by atoms with Gasteiger partial charge in [0.05, 0.1) is 0 Å². The molecule has 0 aromatic rings. The summed E-state index contributed by atoms with van der Waals surface area (Å²) >= 11 is 0. The van der Waals surface area contributed by atoms with Crippen LogP contribution in [-0.4, -0.2) is 37.6 Å². The van der Waals surface area contributed by atoms with Crippen molar-refractivity contribution in [2.45, 2.75) is 84.1 Å². The summed E-state index contributed by atoms with van der Waals surface area (Å²) in [5, 5.41) is 3.74. The van der Waals surface area contributed by atoms with E-state index in [1.54, 1.807) is 0 Å². The second kappa shape index (κ2) is 8.53. The van der Waals surface area contributed by atoms with E-state index in [9.17, 15) is 0 Å². The maximum absolute atomic E-state index is 3.74. The first-order valence-corrected chi connectivity index (χ1v) is 9.56. The Balaban J connectivity index is 1.90. The monoisotopic (exact) mass is 294 g/mol. The highest BCUT2D eigenvalue weighted by atomic mass is 15.1. The van der Waals surface area contributed by atoms with Gasteiger partial charge in [-0.05, 0) is 57.0 Å². The van der Waals surface area contributed by atoms with Crippen LogP contribution in [0.1, 0.15) is 78.1 Å². The number of nitrogens with one attached hydrogen (secondary N) is 1. The summed E-state index contributed by atoms with van der Waals surface area (Å²) in [7, 11) is 2.40. The molecule has 0 radical (unpaired) electrons. The van der Waals surface area contributed by atoms with Crippen LogP contribution in [0.15, 0.2) is 0 Å². The minimum absolute atomic E-state index is 0.558. The topological polar surface area (TPSA) is 15.3 Å². The molecule has 0 heterocycles. The molecule has 0 aromatic heterocycles. The Labute approximate surface area is 133 Å². The van der Waals surface area contributed by atoms with E-state index in [2.05, 4.69) is 31.1 Å². The van der Waals surface area contributed by atoms with Crippen molar-refractivity contribution < 1.29 is 0 Å². The molecule has 2 aliphatic carbocycles. The second-order valence-corrected chi connectivity index (χ2v) is 8.08. The minimum atomic E-state index is 0.558. The Morgan fingerprint density at radius 1 is 1.10 bits per heavy atom. The Hall–Kier alpha value is -0.0800. The van der Waals surface area contributed by atoms with Crippen molar-refractivity contribution in [2.75, 3.05) is 26.7 Å². The number of nitrogens with zero attached hydrogens (tertiary/aromatic N) is 1. The van der Waals surface area contributed by atoms with Crippen LogP contribution in [0.2, 0.25) is 0 Å². The van der Waals surface area contributed by atoms with Gasteiger partial charge in [-0.15, -0.1) is 0 Å². The van der Waals surface area contributed by atoms with E-state index in [1.165, 1.54) is 83.8 Å². The Kier molecular flexibility index (Phi) is 7.01. The molecule has 0 aromatic carbocycles. The molecule has 2 atom stereocenters. The molecule has 0 aliphatic heterocycles. The molecule has 2 nitrogen and oxygen atoms in total. The predicted octanol–water partition coefficient (Wildman–Crippen LogP) is 4.45. The first-order valence-electron chi connectivity index (χ1n) is 9.56. The van der Waals surface area contributed by atoms with E-state index < -0.39 is 0 Å². The van der Waals surface area contributed by atoms with Crippen molar-refractivity contribution in [3.05, 3.63) is 0 Å². The SMILES string of the molecule is CCCNCC1(CN(C)C2CCCC(C)C2)CCCCC1. The van der Waals surface area contributed by atoms with E-state index in [-0.39, 0.29) is 0 Å². The van der Waals surface area contributed by atoms with Crippen LogP contribution in [-0.2, 0) is 0 Å². The Morgan fingerprint density at radius 3 is 2.52 bits per heavy atom. The van der Waals surface area contributed by atoms with E-state index in [0.29, 0.717) is 5.41 Å². The van der Waals surface area contributed by atoms with Crippen molar-refractivity contribution >= 4 is 0 Å². The highest BCUT2D eigenvalue weighted by Crippen LogP contribution is 2.38. The van der Waals surface area contributed by atoms with E-state index >= 15 is 0 Å². The molecule has 2 heteroatoms. The summed E-state index contributed by atoms with van der Waals surface area (Å²) in [5.41, 5.74) is 0.558. The van der Waals surface area contributed by atoms with Crippen LogP contribution in [0.3, 0.4) is 0 Å². The zero-order valence-corrected chi connectivity index (χ0v) is 14.8. The van der Waals surface area contributed by atoms with E-state index in [4.69, 9.17) is 0 Å². The van der Waals surface area contributed by atoms with Gasteiger partial charge in [0.15, 0.2) is 0 Å². The standard InChI is InChI=1S/C19H38N2/c1-4-13-20-15-19(11-6-5-7-12-19)16-21(3)18-10-8-9-17(2)14-18/h17-18,20H,4-16H2,1-3H3. The zero-order valence-electron chi connectivity index (χ0n) is 14.8. The fourth-order valence-corrected chi connectivity index (χ4v) is 4.68. The third kappa shape index (κ3) is 5.25. The summed E-state index contributed by atoms with van der Waals surface area (Å²) in [6, 6.07) is 0.846. The van der Waals surface area contributed by atoms with Gasteiger partial charge < -0.3 is 10.2 Å². The first-order chi connectivity index (χ1) is 10.2. The van der Waals surface area contributed by atoms with Crippen molar-refractivity contribution in [3.8, 4) is 0 Å². The van der Waals surface area contributed by atoms with E-state index in [0.717, 1.165) is 12.0 Å². The quantitative estimate of drug-likeness (QED) is 0.698. The predicted molar refractivity (Wildman–Crippen MR) is 92.7 cm³/mol. The molecule has 2 fully saturated rings. The van der Waals surface area contributed by atoms with Crippen LogP contribution in [0.4, 0.5) is 0 Å². The number of hydrogen-bond acceptors (Lipinski definition) is 2. The molecule has 0 bridgehead atoms. The maximum Gasteiger partial charge on any atom is 0.00949 e. The Bertz CT molecular complexity index is 283. The normalized spacial score (nSPS) is 29.7. The maximum atomic E-state index is 3.74. The molecule has 2 aliphatic rings. The van der Waals surface area contributed by atoms with Gasteiger partial charge in [-0.25, -0.2) is 0 Å². The van der Waals surface area contributed by atoms with Gasteiger partial charge >= 0.3 is 0 Å². The number of hydrogen-bond donors (Lipinski definition) is 1. The van der Waals surface area contributed by atoms with Gasteiger partial charge in [0.25, 0.3) is 0 Å². The third-order valence-corrected chi connectivity index (χ3v) is 5.96. The molecule has 21 heavy (non-hydrogen) atoms. The lowest BCUT2D eigenvalue weighted by atomic mass is 9.73. The van der Waals surface area contributed by atoms with Crippen molar-refractivity contribution in [1.29, 1.82) is 0 Å². The molecule has 0 saturated heterocycles.